The van der Waals surface area contributed by atoms with Crippen LogP contribution in [0.15, 0.2) is 35.4 Å². The molecule has 2 aromatic rings. The van der Waals surface area contributed by atoms with Gasteiger partial charge in [0.15, 0.2) is 0 Å². The molecule has 0 bridgehead atoms. The van der Waals surface area contributed by atoms with E-state index in [1.54, 1.807) is 18.3 Å². The van der Waals surface area contributed by atoms with Crippen molar-refractivity contribution in [1.29, 1.82) is 0 Å². The number of pyridine rings is 1. The lowest BCUT2D eigenvalue weighted by atomic mass is 9.98. The average molecular weight is 362 g/mol. The third kappa shape index (κ3) is 4.77. The summed E-state index contributed by atoms with van der Waals surface area (Å²) in [6.45, 7) is 2.91. The van der Waals surface area contributed by atoms with Crippen LogP contribution in [0.2, 0.25) is 0 Å². The Labute approximate surface area is 149 Å². The maximum atomic E-state index is 12.6. The maximum absolute atomic E-state index is 12.6. The van der Waals surface area contributed by atoms with Crippen LogP contribution in [0.5, 0.6) is 0 Å². The predicted octanol–water partition coefficient (Wildman–Crippen LogP) is 3.56. The Morgan fingerprint density at radius 2 is 2.04 bits per heavy atom. The van der Waals surface area contributed by atoms with Crippen molar-refractivity contribution in [2.24, 2.45) is 0 Å². The Hall–Kier alpha value is -1.50. The van der Waals surface area contributed by atoms with E-state index < -0.39 is 10.0 Å². The van der Waals surface area contributed by atoms with Crippen molar-refractivity contribution in [2.45, 2.75) is 56.4 Å². The fourth-order valence-electron chi connectivity index (χ4n) is 3.30. The second-order valence-corrected chi connectivity index (χ2v) is 8.46. The summed E-state index contributed by atoms with van der Waals surface area (Å²) < 4.78 is 33.7. The van der Waals surface area contributed by atoms with E-state index in [4.69, 9.17) is 4.74 Å². The minimum absolute atomic E-state index is 0.234. The maximum Gasteiger partial charge on any atom is 0.242 e. The Kier molecular flexibility index (Phi) is 6.04. The fourth-order valence-corrected chi connectivity index (χ4v) is 4.55. The minimum Gasteiger partial charge on any atom is -0.378 e. The van der Waals surface area contributed by atoms with E-state index in [0.29, 0.717) is 31.2 Å². The van der Waals surface area contributed by atoms with Crippen LogP contribution in [0, 0.1) is 6.92 Å². The lowest BCUT2D eigenvalue weighted by Crippen LogP contribution is -2.26. The third-order valence-corrected chi connectivity index (χ3v) is 6.11. The van der Waals surface area contributed by atoms with Gasteiger partial charge in [0.2, 0.25) is 10.0 Å². The van der Waals surface area contributed by atoms with Gasteiger partial charge in [0.05, 0.1) is 11.6 Å². The highest BCUT2D eigenvalue weighted by Crippen LogP contribution is 2.22. The number of para-hydroxylation sites is 1. The molecule has 0 spiro atoms. The van der Waals surface area contributed by atoms with E-state index in [-0.39, 0.29) is 4.90 Å². The molecule has 5 nitrogen and oxygen atoms in total. The van der Waals surface area contributed by atoms with Crippen LogP contribution in [0.25, 0.3) is 10.9 Å². The van der Waals surface area contributed by atoms with Crippen molar-refractivity contribution in [3.8, 4) is 0 Å². The molecular formula is C19H26N2O3S. The number of aryl methyl sites for hydroxylation is 1. The number of fused-ring (bicyclic) bond motifs is 1. The zero-order valence-corrected chi connectivity index (χ0v) is 15.5. The third-order valence-electron chi connectivity index (χ3n) is 4.62. The molecule has 1 saturated carbocycles. The molecule has 0 radical (unpaired) electrons. The Balaban J connectivity index is 1.57. The summed E-state index contributed by atoms with van der Waals surface area (Å²) in [5.41, 5.74) is 1.52. The number of rotatable bonds is 7. The van der Waals surface area contributed by atoms with Crippen LogP contribution >= 0.6 is 0 Å². The Morgan fingerprint density at radius 1 is 1.24 bits per heavy atom. The van der Waals surface area contributed by atoms with E-state index in [1.165, 1.54) is 19.3 Å². The largest absolute Gasteiger partial charge is 0.378 e. The summed E-state index contributed by atoms with van der Waals surface area (Å²) >= 11 is 0. The van der Waals surface area contributed by atoms with Gasteiger partial charge in [-0.2, -0.15) is 0 Å². The number of ether oxygens (including phenoxy) is 1. The Bertz CT molecular complexity index is 815. The number of nitrogens with zero attached hydrogens (tertiary/aromatic N) is 1. The molecular weight excluding hydrogens is 336 g/mol. The van der Waals surface area contributed by atoms with Crippen LogP contribution in [-0.4, -0.2) is 32.7 Å². The van der Waals surface area contributed by atoms with Gasteiger partial charge in [-0.3, -0.25) is 4.98 Å². The van der Waals surface area contributed by atoms with Crippen molar-refractivity contribution < 1.29 is 13.2 Å². The van der Waals surface area contributed by atoms with E-state index >= 15 is 0 Å². The molecule has 6 heteroatoms. The lowest BCUT2D eigenvalue weighted by molar-refractivity contribution is 0.0278. The quantitative estimate of drug-likeness (QED) is 0.765. The number of hydrogen-bond donors (Lipinski definition) is 1. The van der Waals surface area contributed by atoms with E-state index in [0.717, 1.165) is 23.8 Å². The van der Waals surface area contributed by atoms with Crippen molar-refractivity contribution in [3.63, 3.8) is 0 Å². The molecule has 0 aliphatic heterocycles. The number of nitrogens with one attached hydrogen (secondary N) is 1. The topological polar surface area (TPSA) is 68.3 Å². The molecule has 1 heterocycles. The first-order valence-corrected chi connectivity index (χ1v) is 10.5. The highest BCUT2D eigenvalue weighted by atomic mass is 32.2. The molecule has 0 atom stereocenters. The van der Waals surface area contributed by atoms with Gasteiger partial charge in [-0.25, -0.2) is 13.1 Å². The first-order valence-electron chi connectivity index (χ1n) is 9.03. The number of benzene rings is 1. The van der Waals surface area contributed by atoms with Gasteiger partial charge in [0, 0.05) is 24.7 Å². The first kappa shape index (κ1) is 18.3. The average Bonchev–Trinajstić information content (AvgIpc) is 2.61. The summed E-state index contributed by atoms with van der Waals surface area (Å²) in [7, 11) is -3.57. The number of aromatic nitrogens is 1. The van der Waals surface area contributed by atoms with Gasteiger partial charge in [0.1, 0.15) is 4.90 Å². The van der Waals surface area contributed by atoms with E-state index in [9.17, 15) is 8.42 Å². The normalized spacial score (nSPS) is 16.4. The SMILES string of the molecule is Cc1cnc2c(S(=O)(=O)NCCCOC3CCCCC3)cccc2c1. The molecule has 1 aromatic carbocycles. The fraction of sp³-hybridized carbons (Fsp3) is 0.526. The molecule has 0 saturated heterocycles. The van der Waals surface area contributed by atoms with Crippen LogP contribution in [0.1, 0.15) is 44.1 Å². The van der Waals surface area contributed by atoms with Crippen molar-refractivity contribution in [3.05, 3.63) is 36.0 Å². The van der Waals surface area contributed by atoms with Crippen molar-refractivity contribution >= 4 is 20.9 Å². The summed E-state index contributed by atoms with van der Waals surface area (Å²) in [4.78, 5) is 4.54. The molecule has 3 rings (SSSR count). The minimum atomic E-state index is -3.57. The van der Waals surface area contributed by atoms with Crippen molar-refractivity contribution in [2.75, 3.05) is 13.2 Å². The monoisotopic (exact) mass is 362 g/mol. The second-order valence-electron chi connectivity index (χ2n) is 6.72. The molecule has 0 unspecified atom stereocenters. The van der Waals surface area contributed by atoms with Gasteiger partial charge in [-0.15, -0.1) is 0 Å². The summed E-state index contributed by atoms with van der Waals surface area (Å²) in [6, 6.07) is 7.18. The highest BCUT2D eigenvalue weighted by molar-refractivity contribution is 7.89. The summed E-state index contributed by atoms with van der Waals surface area (Å²) in [5.74, 6) is 0. The van der Waals surface area contributed by atoms with Gasteiger partial charge in [-0.05, 0) is 43.9 Å². The smallest absolute Gasteiger partial charge is 0.242 e. The molecule has 1 aromatic heterocycles. The van der Waals surface area contributed by atoms with Gasteiger partial charge >= 0.3 is 0 Å². The molecule has 1 aliphatic rings. The summed E-state index contributed by atoms with van der Waals surface area (Å²) in [6.07, 6.45) is 8.77. The molecule has 25 heavy (non-hydrogen) atoms. The second kappa shape index (κ2) is 8.25. The summed E-state index contributed by atoms with van der Waals surface area (Å²) in [5, 5.41) is 0.837. The number of sulfonamides is 1. The van der Waals surface area contributed by atoms with Crippen LogP contribution < -0.4 is 4.72 Å². The zero-order valence-electron chi connectivity index (χ0n) is 14.7. The Morgan fingerprint density at radius 3 is 2.84 bits per heavy atom. The zero-order chi connectivity index (χ0) is 17.7. The van der Waals surface area contributed by atoms with E-state index in [2.05, 4.69) is 9.71 Å². The molecule has 1 fully saturated rings. The van der Waals surface area contributed by atoms with Crippen LogP contribution in [0.4, 0.5) is 0 Å². The van der Waals surface area contributed by atoms with Gasteiger partial charge in [0.25, 0.3) is 0 Å². The molecule has 1 N–H and O–H groups in total. The standard InChI is InChI=1S/C19H26N2O3S/c1-15-13-16-7-5-10-18(19(16)20-14-15)25(22,23)21-11-6-12-24-17-8-3-2-4-9-17/h5,7,10,13-14,17,21H,2-4,6,8-9,11-12H2,1H3. The predicted molar refractivity (Wildman–Crippen MR) is 99.1 cm³/mol. The lowest BCUT2D eigenvalue weighted by Gasteiger charge is -2.21. The van der Waals surface area contributed by atoms with Crippen LogP contribution in [0.3, 0.4) is 0 Å². The first-order chi connectivity index (χ1) is 12.1. The van der Waals surface area contributed by atoms with E-state index in [1.807, 2.05) is 19.1 Å². The molecule has 136 valence electrons. The molecule has 0 amide bonds. The number of hydrogen-bond acceptors (Lipinski definition) is 4. The molecule has 1 aliphatic carbocycles. The van der Waals surface area contributed by atoms with Crippen LogP contribution in [-0.2, 0) is 14.8 Å². The van der Waals surface area contributed by atoms with Gasteiger partial charge in [-0.1, -0.05) is 31.4 Å². The highest BCUT2D eigenvalue weighted by Gasteiger charge is 2.18. The van der Waals surface area contributed by atoms with Gasteiger partial charge < -0.3 is 4.74 Å². The van der Waals surface area contributed by atoms with Crippen molar-refractivity contribution in [1.82, 2.24) is 9.71 Å².